The lowest BCUT2D eigenvalue weighted by Gasteiger charge is -2.12. The highest BCUT2D eigenvalue weighted by Gasteiger charge is 2.11. The van der Waals surface area contributed by atoms with Crippen molar-refractivity contribution in [2.75, 3.05) is 26.6 Å². The van der Waals surface area contributed by atoms with Gasteiger partial charge < -0.3 is 19.3 Å². The molecule has 0 saturated heterocycles. The topological polar surface area (TPSA) is 78.1 Å². The molecular formula is C18H21N3O4S. The van der Waals surface area contributed by atoms with Gasteiger partial charge in [-0.25, -0.2) is 0 Å². The third kappa shape index (κ3) is 4.46. The molecule has 7 nitrogen and oxygen atoms in total. The van der Waals surface area contributed by atoms with E-state index in [1.807, 2.05) is 47.0 Å². The number of methoxy groups -OCH3 is 2. The van der Waals surface area contributed by atoms with Crippen LogP contribution in [0.1, 0.15) is 5.56 Å². The number of benzene rings is 1. The maximum absolute atomic E-state index is 10.1. The molecule has 3 rings (SSSR count). The lowest BCUT2D eigenvalue weighted by molar-refractivity contribution is 0.0397. The third-order valence-corrected chi connectivity index (χ3v) is 4.80. The van der Waals surface area contributed by atoms with Gasteiger partial charge in [-0.2, -0.15) is 0 Å². The minimum Gasteiger partial charge on any atom is -0.493 e. The van der Waals surface area contributed by atoms with Crippen molar-refractivity contribution in [2.24, 2.45) is 0 Å². The van der Waals surface area contributed by atoms with Gasteiger partial charge in [0.25, 0.3) is 0 Å². The van der Waals surface area contributed by atoms with E-state index in [1.54, 1.807) is 14.2 Å². The summed E-state index contributed by atoms with van der Waals surface area (Å²) in [6.07, 6.45) is 1.30. The first kappa shape index (κ1) is 18.5. The van der Waals surface area contributed by atoms with Gasteiger partial charge in [0.15, 0.2) is 22.3 Å². The number of fused-ring (bicyclic) bond motifs is 1. The average Bonchev–Trinajstić information content (AvgIpc) is 3.09. The Hall–Kier alpha value is -2.29. The normalized spacial score (nSPS) is 12.3. The van der Waals surface area contributed by atoms with Crippen molar-refractivity contribution >= 4 is 17.4 Å². The van der Waals surface area contributed by atoms with Crippen LogP contribution in [0.5, 0.6) is 11.5 Å². The molecule has 26 heavy (non-hydrogen) atoms. The summed E-state index contributed by atoms with van der Waals surface area (Å²) < 4.78 is 18.0. The number of hydrogen-bond acceptors (Lipinski definition) is 7. The molecular weight excluding hydrogens is 354 g/mol. The highest BCUT2D eigenvalue weighted by atomic mass is 32.2. The zero-order valence-electron chi connectivity index (χ0n) is 14.7. The fourth-order valence-corrected chi connectivity index (χ4v) is 3.25. The molecule has 0 aliphatic carbocycles. The number of aliphatic hydroxyl groups excluding tert-OH is 1. The van der Waals surface area contributed by atoms with Crippen LogP contribution in [-0.2, 0) is 11.3 Å². The fourth-order valence-electron chi connectivity index (χ4n) is 2.42. The van der Waals surface area contributed by atoms with Gasteiger partial charge in [0.2, 0.25) is 0 Å². The van der Waals surface area contributed by atoms with Crippen molar-refractivity contribution in [2.45, 2.75) is 17.9 Å². The molecule has 1 atom stereocenters. The summed E-state index contributed by atoms with van der Waals surface area (Å²) in [6.45, 7) is 0.619. The van der Waals surface area contributed by atoms with Crippen molar-refractivity contribution in [1.29, 1.82) is 0 Å². The Bertz CT molecular complexity index is 855. The summed E-state index contributed by atoms with van der Waals surface area (Å²) in [6, 6.07) is 11.3. The Morgan fingerprint density at radius 1 is 1.12 bits per heavy atom. The molecule has 0 aliphatic rings. The summed E-state index contributed by atoms with van der Waals surface area (Å²) in [5, 5.41) is 19.1. The molecule has 2 heterocycles. The summed E-state index contributed by atoms with van der Waals surface area (Å²) in [5.41, 5.74) is 1.74. The minimum absolute atomic E-state index is 0.234. The molecule has 0 radical (unpaired) electrons. The van der Waals surface area contributed by atoms with E-state index in [-0.39, 0.29) is 6.61 Å². The number of pyridine rings is 1. The predicted octanol–water partition coefficient (Wildman–Crippen LogP) is 2.42. The summed E-state index contributed by atoms with van der Waals surface area (Å²) in [7, 11) is 3.19. The number of rotatable bonds is 9. The van der Waals surface area contributed by atoms with Crippen LogP contribution in [0, 0.1) is 0 Å². The molecule has 2 aromatic heterocycles. The Labute approximate surface area is 155 Å². The first-order valence-corrected chi connectivity index (χ1v) is 9.09. The van der Waals surface area contributed by atoms with Crippen LogP contribution < -0.4 is 9.47 Å². The van der Waals surface area contributed by atoms with Gasteiger partial charge in [0.05, 0.1) is 33.5 Å². The van der Waals surface area contributed by atoms with E-state index < -0.39 is 6.10 Å². The van der Waals surface area contributed by atoms with E-state index in [4.69, 9.17) is 14.2 Å². The molecule has 1 aromatic carbocycles. The zero-order chi connectivity index (χ0) is 18.4. The van der Waals surface area contributed by atoms with Crippen LogP contribution in [0.2, 0.25) is 0 Å². The molecule has 8 heteroatoms. The fraction of sp³-hybridized carbons (Fsp3) is 0.333. The second-order valence-corrected chi connectivity index (χ2v) is 6.57. The largest absolute Gasteiger partial charge is 0.493 e. The van der Waals surface area contributed by atoms with Crippen LogP contribution in [-0.4, -0.2) is 52.4 Å². The summed E-state index contributed by atoms with van der Waals surface area (Å²) in [5.74, 6) is 1.80. The molecule has 3 aromatic rings. The first-order chi connectivity index (χ1) is 12.7. The summed E-state index contributed by atoms with van der Waals surface area (Å²) >= 11 is 1.44. The Morgan fingerprint density at radius 3 is 2.77 bits per heavy atom. The van der Waals surface area contributed by atoms with Gasteiger partial charge in [-0.1, -0.05) is 23.9 Å². The van der Waals surface area contributed by atoms with Gasteiger partial charge >= 0.3 is 0 Å². The van der Waals surface area contributed by atoms with E-state index in [1.165, 1.54) is 11.8 Å². The lowest BCUT2D eigenvalue weighted by Crippen LogP contribution is -2.18. The second-order valence-electron chi connectivity index (χ2n) is 5.58. The first-order valence-electron chi connectivity index (χ1n) is 8.10. The number of aromatic nitrogens is 3. The van der Waals surface area contributed by atoms with Crippen molar-refractivity contribution in [3.8, 4) is 11.5 Å². The van der Waals surface area contributed by atoms with Gasteiger partial charge in [-0.15, -0.1) is 10.2 Å². The Balaban J connectivity index is 1.46. The molecule has 0 spiro atoms. The summed E-state index contributed by atoms with van der Waals surface area (Å²) in [4.78, 5) is 0. The number of hydrogen-bond donors (Lipinski definition) is 1. The van der Waals surface area contributed by atoms with Crippen molar-refractivity contribution < 1.29 is 19.3 Å². The SMILES string of the molecule is COc1ccc(COCC(O)CSc2nnc3ccccn23)cc1OC. The van der Waals surface area contributed by atoms with Crippen LogP contribution in [0.3, 0.4) is 0 Å². The lowest BCUT2D eigenvalue weighted by atomic mass is 10.2. The number of aliphatic hydroxyl groups is 1. The third-order valence-electron chi connectivity index (χ3n) is 3.71. The molecule has 138 valence electrons. The van der Waals surface area contributed by atoms with E-state index in [0.29, 0.717) is 23.9 Å². The Morgan fingerprint density at radius 2 is 1.96 bits per heavy atom. The zero-order valence-corrected chi connectivity index (χ0v) is 15.5. The van der Waals surface area contributed by atoms with Crippen LogP contribution in [0.25, 0.3) is 5.65 Å². The van der Waals surface area contributed by atoms with E-state index in [0.717, 1.165) is 16.4 Å². The highest BCUT2D eigenvalue weighted by molar-refractivity contribution is 7.99. The standard InChI is InChI=1S/C18H21N3O4S/c1-23-15-7-6-13(9-16(15)24-2)10-25-11-14(22)12-26-18-20-19-17-5-3-4-8-21(17)18/h3-9,14,22H,10-12H2,1-2H3. The average molecular weight is 375 g/mol. The molecule has 0 amide bonds. The van der Waals surface area contributed by atoms with E-state index >= 15 is 0 Å². The predicted molar refractivity (Wildman–Crippen MR) is 98.9 cm³/mol. The molecule has 1 N–H and O–H groups in total. The van der Waals surface area contributed by atoms with Crippen LogP contribution >= 0.6 is 11.8 Å². The minimum atomic E-state index is -0.601. The molecule has 1 unspecified atom stereocenters. The quantitative estimate of drug-likeness (QED) is 0.576. The Kier molecular flexibility index (Phi) is 6.32. The molecule has 0 fully saturated rings. The second kappa shape index (κ2) is 8.88. The van der Waals surface area contributed by atoms with Gasteiger partial charge in [0, 0.05) is 11.9 Å². The maximum atomic E-state index is 10.1. The van der Waals surface area contributed by atoms with Gasteiger partial charge in [0.1, 0.15) is 0 Å². The number of nitrogens with zero attached hydrogens (tertiary/aromatic N) is 3. The van der Waals surface area contributed by atoms with E-state index in [9.17, 15) is 5.11 Å². The molecule has 0 saturated carbocycles. The maximum Gasteiger partial charge on any atom is 0.195 e. The number of ether oxygens (including phenoxy) is 3. The van der Waals surface area contributed by atoms with Gasteiger partial charge in [-0.05, 0) is 29.8 Å². The van der Waals surface area contributed by atoms with Crippen molar-refractivity contribution in [3.63, 3.8) is 0 Å². The van der Waals surface area contributed by atoms with Crippen molar-refractivity contribution in [1.82, 2.24) is 14.6 Å². The highest BCUT2D eigenvalue weighted by Crippen LogP contribution is 2.27. The van der Waals surface area contributed by atoms with Gasteiger partial charge in [-0.3, -0.25) is 4.40 Å². The molecule has 0 bridgehead atoms. The molecule has 0 aliphatic heterocycles. The van der Waals surface area contributed by atoms with E-state index in [2.05, 4.69) is 10.2 Å². The van der Waals surface area contributed by atoms with Crippen LogP contribution in [0.15, 0.2) is 47.8 Å². The monoisotopic (exact) mass is 375 g/mol. The van der Waals surface area contributed by atoms with Crippen molar-refractivity contribution in [3.05, 3.63) is 48.2 Å². The number of thioether (sulfide) groups is 1. The van der Waals surface area contributed by atoms with Crippen LogP contribution in [0.4, 0.5) is 0 Å². The smallest absolute Gasteiger partial charge is 0.195 e.